The predicted octanol–water partition coefficient (Wildman–Crippen LogP) is 3.95. The van der Waals surface area contributed by atoms with Gasteiger partial charge in [0, 0.05) is 26.6 Å². The fourth-order valence-corrected chi connectivity index (χ4v) is 1.71. The van der Waals surface area contributed by atoms with E-state index < -0.39 is 5.79 Å². The van der Waals surface area contributed by atoms with Crippen LogP contribution in [-0.4, -0.2) is 19.0 Å². The van der Waals surface area contributed by atoms with Crippen molar-refractivity contribution in [2.45, 2.75) is 65.1 Å². The van der Waals surface area contributed by atoms with Gasteiger partial charge in [-0.1, -0.05) is 32.6 Å². The quantitative estimate of drug-likeness (QED) is 0.406. The first-order chi connectivity index (χ1) is 7.18. The number of ether oxygens (including phenoxy) is 2. The van der Waals surface area contributed by atoms with Crippen LogP contribution < -0.4 is 0 Å². The van der Waals surface area contributed by atoms with E-state index in [1.54, 1.807) is 0 Å². The minimum absolute atomic E-state index is 0.601. The van der Waals surface area contributed by atoms with Gasteiger partial charge in [0.15, 0.2) is 5.79 Å². The largest absolute Gasteiger partial charge is 0.350 e. The summed E-state index contributed by atoms with van der Waals surface area (Å²) >= 11 is 0. The number of unbranched alkanes of at least 4 members (excludes halogenated alkanes) is 4. The third kappa shape index (κ3) is 7.80. The second-order valence-corrected chi connectivity index (χ2v) is 3.94. The van der Waals surface area contributed by atoms with Crippen molar-refractivity contribution in [1.82, 2.24) is 0 Å². The van der Waals surface area contributed by atoms with Gasteiger partial charge < -0.3 is 9.47 Å². The predicted molar refractivity (Wildman–Crippen MR) is 64.7 cm³/mol. The second kappa shape index (κ2) is 9.17. The smallest absolute Gasteiger partial charge is 0.168 e. The van der Waals surface area contributed by atoms with E-state index in [9.17, 15) is 0 Å². The van der Waals surface area contributed by atoms with Crippen molar-refractivity contribution in [1.29, 1.82) is 0 Å². The first-order valence-electron chi connectivity index (χ1n) is 6.31. The molecule has 0 aliphatic carbocycles. The van der Waals surface area contributed by atoms with E-state index in [-0.39, 0.29) is 0 Å². The molecule has 0 aliphatic rings. The molecule has 2 nitrogen and oxygen atoms in total. The molecule has 1 radical (unpaired) electrons. The zero-order chi connectivity index (χ0) is 11.6. The monoisotopic (exact) mass is 215 g/mol. The third-order valence-electron chi connectivity index (χ3n) is 2.48. The van der Waals surface area contributed by atoms with Crippen LogP contribution in [0.5, 0.6) is 0 Å². The average molecular weight is 215 g/mol. The van der Waals surface area contributed by atoms with E-state index in [0.717, 1.165) is 12.8 Å². The highest BCUT2D eigenvalue weighted by atomic mass is 16.7. The van der Waals surface area contributed by atoms with Crippen LogP contribution in [0.25, 0.3) is 0 Å². The van der Waals surface area contributed by atoms with Crippen LogP contribution in [0.2, 0.25) is 0 Å². The minimum atomic E-state index is -0.601. The Morgan fingerprint density at radius 2 is 1.40 bits per heavy atom. The third-order valence-corrected chi connectivity index (χ3v) is 2.48. The molecule has 0 bridgehead atoms. The molecule has 15 heavy (non-hydrogen) atoms. The lowest BCUT2D eigenvalue weighted by molar-refractivity contribution is -0.206. The van der Waals surface area contributed by atoms with E-state index in [1.165, 1.54) is 25.7 Å². The zero-order valence-corrected chi connectivity index (χ0v) is 10.7. The van der Waals surface area contributed by atoms with Gasteiger partial charge in [-0.15, -0.1) is 0 Å². The summed E-state index contributed by atoms with van der Waals surface area (Å²) < 4.78 is 11.1. The molecule has 0 spiro atoms. The lowest BCUT2D eigenvalue weighted by Crippen LogP contribution is -2.32. The van der Waals surface area contributed by atoms with Gasteiger partial charge >= 0.3 is 0 Å². The molecular formula is C13H27O2. The molecule has 0 aromatic carbocycles. The standard InChI is InChI=1S/C13H27O2/c1-5-8-9-10-11-12-13(4,14-6-2)15-7-3/h4-12H2,1-3H3. The Hall–Kier alpha value is -0.0800. The van der Waals surface area contributed by atoms with Crippen molar-refractivity contribution in [3.05, 3.63) is 6.92 Å². The van der Waals surface area contributed by atoms with Gasteiger partial charge in [0.25, 0.3) is 0 Å². The fraction of sp³-hybridized carbons (Fsp3) is 0.923. The molecule has 0 N–H and O–H groups in total. The molecule has 0 unspecified atom stereocenters. The lowest BCUT2D eigenvalue weighted by atomic mass is 10.1. The van der Waals surface area contributed by atoms with E-state index in [2.05, 4.69) is 13.8 Å². The fourth-order valence-electron chi connectivity index (χ4n) is 1.71. The number of hydrogen-bond donors (Lipinski definition) is 0. The highest BCUT2D eigenvalue weighted by Crippen LogP contribution is 2.21. The molecule has 0 rings (SSSR count). The Labute approximate surface area is 95.3 Å². The van der Waals surface area contributed by atoms with Gasteiger partial charge in [0.2, 0.25) is 0 Å². The van der Waals surface area contributed by atoms with Crippen LogP contribution in [0.4, 0.5) is 0 Å². The van der Waals surface area contributed by atoms with E-state index in [1.807, 2.05) is 13.8 Å². The van der Waals surface area contributed by atoms with E-state index in [4.69, 9.17) is 9.47 Å². The minimum Gasteiger partial charge on any atom is -0.350 e. The summed E-state index contributed by atoms with van der Waals surface area (Å²) in [6.07, 6.45) is 7.22. The van der Waals surface area contributed by atoms with Gasteiger partial charge in [-0.05, 0) is 20.3 Å². The Morgan fingerprint density at radius 1 is 0.867 bits per heavy atom. The van der Waals surface area contributed by atoms with Crippen LogP contribution >= 0.6 is 0 Å². The molecule has 0 amide bonds. The van der Waals surface area contributed by atoms with Gasteiger partial charge in [-0.2, -0.15) is 0 Å². The second-order valence-electron chi connectivity index (χ2n) is 3.94. The first kappa shape index (κ1) is 14.9. The Kier molecular flexibility index (Phi) is 9.12. The molecule has 0 heterocycles. The molecule has 0 fully saturated rings. The lowest BCUT2D eigenvalue weighted by Gasteiger charge is -2.29. The summed E-state index contributed by atoms with van der Waals surface area (Å²) in [5.74, 6) is -0.601. The van der Waals surface area contributed by atoms with Crippen LogP contribution in [0.15, 0.2) is 0 Å². The zero-order valence-electron chi connectivity index (χ0n) is 10.7. The van der Waals surface area contributed by atoms with Gasteiger partial charge in [0.05, 0.1) is 0 Å². The summed E-state index contributed by atoms with van der Waals surface area (Å²) in [5.41, 5.74) is 0. The summed E-state index contributed by atoms with van der Waals surface area (Å²) in [5, 5.41) is 0. The normalized spacial score (nSPS) is 12.0. The Morgan fingerprint density at radius 3 is 1.87 bits per heavy atom. The van der Waals surface area contributed by atoms with Crippen molar-refractivity contribution in [3.8, 4) is 0 Å². The summed E-state index contributed by atoms with van der Waals surface area (Å²) in [6, 6.07) is 0. The van der Waals surface area contributed by atoms with Gasteiger partial charge in [0.1, 0.15) is 0 Å². The maximum atomic E-state index is 5.54. The topological polar surface area (TPSA) is 18.5 Å². The molecule has 0 aliphatic heterocycles. The Bertz CT molecular complexity index is 128. The molecule has 0 aromatic rings. The summed E-state index contributed by atoms with van der Waals surface area (Å²) in [7, 11) is 0. The van der Waals surface area contributed by atoms with E-state index >= 15 is 0 Å². The van der Waals surface area contributed by atoms with Crippen molar-refractivity contribution < 1.29 is 9.47 Å². The molecule has 0 saturated carbocycles. The van der Waals surface area contributed by atoms with Crippen LogP contribution in [0.1, 0.15) is 59.3 Å². The summed E-state index contributed by atoms with van der Waals surface area (Å²) in [6.45, 7) is 11.5. The van der Waals surface area contributed by atoms with Crippen LogP contribution in [-0.2, 0) is 9.47 Å². The number of hydrogen-bond acceptors (Lipinski definition) is 2. The van der Waals surface area contributed by atoms with E-state index in [0.29, 0.717) is 13.2 Å². The first-order valence-corrected chi connectivity index (χ1v) is 6.31. The molecule has 2 heteroatoms. The molecular weight excluding hydrogens is 188 g/mol. The van der Waals surface area contributed by atoms with Crippen LogP contribution in [0, 0.1) is 6.92 Å². The van der Waals surface area contributed by atoms with Crippen LogP contribution in [0.3, 0.4) is 0 Å². The van der Waals surface area contributed by atoms with Gasteiger partial charge in [-0.25, -0.2) is 0 Å². The average Bonchev–Trinajstić information content (AvgIpc) is 2.18. The highest BCUT2D eigenvalue weighted by molar-refractivity contribution is 4.72. The van der Waals surface area contributed by atoms with Crippen molar-refractivity contribution >= 4 is 0 Å². The molecule has 91 valence electrons. The highest BCUT2D eigenvalue weighted by Gasteiger charge is 2.23. The maximum Gasteiger partial charge on any atom is 0.168 e. The maximum absolute atomic E-state index is 5.54. The Balaban J connectivity index is 3.65. The van der Waals surface area contributed by atoms with Crippen molar-refractivity contribution in [2.75, 3.05) is 13.2 Å². The van der Waals surface area contributed by atoms with Crippen molar-refractivity contribution in [3.63, 3.8) is 0 Å². The molecule has 0 aromatic heterocycles. The van der Waals surface area contributed by atoms with Gasteiger partial charge in [-0.3, -0.25) is 0 Å². The van der Waals surface area contributed by atoms with Crippen molar-refractivity contribution in [2.24, 2.45) is 0 Å². The molecule has 0 saturated heterocycles. The molecule has 0 atom stereocenters. The summed E-state index contributed by atoms with van der Waals surface area (Å²) in [4.78, 5) is 0. The number of rotatable bonds is 10. The SMILES string of the molecule is [CH2]C(CCCCCCC)(OCC)OCC.